The van der Waals surface area contributed by atoms with Crippen LogP contribution in [0.25, 0.3) is 10.9 Å². The average molecular weight is 262 g/mol. The first-order valence-electron chi connectivity index (χ1n) is 4.69. The Morgan fingerprint density at radius 1 is 1.35 bits per heavy atom. The molecule has 6 heteroatoms. The van der Waals surface area contributed by atoms with Crippen molar-refractivity contribution < 1.29 is 18.0 Å². The summed E-state index contributed by atoms with van der Waals surface area (Å²) >= 11 is 5.84. The van der Waals surface area contributed by atoms with E-state index in [1.165, 1.54) is 12.1 Å². The van der Waals surface area contributed by atoms with Gasteiger partial charge in [-0.2, -0.15) is 13.2 Å². The number of halogens is 4. The second-order valence-corrected chi connectivity index (χ2v) is 4.08. The molecule has 1 heterocycles. The third-order valence-electron chi connectivity index (χ3n) is 2.46. The number of hydrogen-bond donors (Lipinski definition) is 1. The van der Waals surface area contributed by atoms with Gasteiger partial charge >= 0.3 is 6.18 Å². The van der Waals surface area contributed by atoms with Gasteiger partial charge < -0.3 is 4.98 Å². The number of aryl methyl sites for hydroxylation is 1. The number of alkyl halides is 3. The number of aromatic nitrogens is 1. The van der Waals surface area contributed by atoms with Crippen LogP contribution in [0, 0.1) is 6.92 Å². The number of Topliss-reactive ketones (excluding diaryl/α,β-unsaturated/α-hetero) is 1. The highest BCUT2D eigenvalue weighted by atomic mass is 35.5. The van der Waals surface area contributed by atoms with E-state index >= 15 is 0 Å². The van der Waals surface area contributed by atoms with Crippen molar-refractivity contribution in [2.45, 2.75) is 13.1 Å². The minimum Gasteiger partial charge on any atom is -0.360 e. The molecule has 1 N–H and O–H groups in total. The second-order valence-electron chi connectivity index (χ2n) is 3.68. The quantitative estimate of drug-likeness (QED) is 0.777. The number of benzene rings is 1. The molecular weight excluding hydrogens is 255 g/mol. The SMILES string of the molecule is Cc1cc2c(C(=O)C(F)(F)F)c[nH]c2cc1Cl. The molecule has 1 aromatic heterocycles. The van der Waals surface area contributed by atoms with Gasteiger partial charge in [-0.05, 0) is 24.6 Å². The van der Waals surface area contributed by atoms with Gasteiger partial charge in [0.2, 0.25) is 0 Å². The maximum atomic E-state index is 12.3. The smallest absolute Gasteiger partial charge is 0.360 e. The molecule has 0 radical (unpaired) electrons. The van der Waals surface area contributed by atoms with Crippen molar-refractivity contribution in [2.24, 2.45) is 0 Å². The lowest BCUT2D eigenvalue weighted by Gasteiger charge is -2.04. The topological polar surface area (TPSA) is 32.9 Å². The fourth-order valence-electron chi connectivity index (χ4n) is 1.59. The van der Waals surface area contributed by atoms with Crippen LogP contribution in [-0.4, -0.2) is 16.9 Å². The predicted octanol–water partition coefficient (Wildman–Crippen LogP) is 3.87. The Hall–Kier alpha value is -1.49. The van der Waals surface area contributed by atoms with Crippen molar-refractivity contribution in [3.8, 4) is 0 Å². The normalized spacial score (nSPS) is 12.1. The Morgan fingerprint density at radius 2 is 2.00 bits per heavy atom. The standard InChI is InChI=1S/C11H7ClF3NO/c1-5-2-6-7(10(17)11(13,14)15)4-16-9(6)3-8(5)12/h2-4,16H,1H3. The molecule has 0 fully saturated rings. The van der Waals surface area contributed by atoms with Crippen molar-refractivity contribution in [3.63, 3.8) is 0 Å². The van der Waals surface area contributed by atoms with Gasteiger partial charge in [0.05, 0.1) is 5.56 Å². The summed E-state index contributed by atoms with van der Waals surface area (Å²) in [6.07, 6.45) is -3.82. The third kappa shape index (κ3) is 2.02. The first kappa shape index (κ1) is 12.0. The molecule has 2 nitrogen and oxygen atoms in total. The molecule has 0 saturated carbocycles. The van der Waals surface area contributed by atoms with Crippen molar-refractivity contribution >= 4 is 28.3 Å². The number of nitrogens with one attached hydrogen (secondary N) is 1. The molecule has 0 atom stereocenters. The molecule has 0 saturated heterocycles. The van der Waals surface area contributed by atoms with Crippen LogP contribution < -0.4 is 0 Å². The molecular formula is C11H7ClF3NO. The van der Waals surface area contributed by atoms with Crippen molar-refractivity contribution in [3.05, 3.63) is 34.5 Å². The summed E-state index contributed by atoms with van der Waals surface area (Å²) in [7, 11) is 0. The average Bonchev–Trinajstić information content (AvgIpc) is 2.59. The number of H-pyrrole nitrogens is 1. The highest BCUT2D eigenvalue weighted by Crippen LogP contribution is 2.29. The second kappa shape index (κ2) is 3.77. The number of aromatic amines is 1. The zero-order valence-corrected chi connectivity index (χ0v) is 9.41. The van der Waals surface area contributed by atoms with Crippen LogP contribution in [0.1, 0.15) is 15.9 Å². The molecule has 0 bridgehead atoms. The molecule has 0 unspecified atom stereocenters. The lowest BCUT2D eigenvalue weighted by atomic mass is 10.1. The minimum atomic E-state index is -4.87. The van der Waals surface area contributed by atoms with E-state index in [2.05, 4.69) is 4.98 Å². The van der Waals surface area contributed by atoms with Crippen LogP contribution in [0.2, 0.25) is 5.02 Å². The van der Waals surface area contributed by atoms with Gasteiger partial charge in [-0.25, -0.2) is 0 Å². The van der Waals surface area contributed by atoms with Gasteiger partial charge in [0, 0.05) is 22.1 Å². The van der Waals surface area contributed by atoms with Crippen molar-refractivity contribution in [1.29, 1.82) is 0 Å². The van der Waals surface area contributed by atoms with Gasteiger partial charge in [-0.1, -0.05) is 11.6 Å². The van der Waals surface area contributed by atoms with Crippen LogP contribution in [0.3, 0.4) is 0 Å². The summed E-state index contributed by atoms with van der Waals surface area (Å²) in [6.45, 7) is 1.66. The van der Waals surface area contributed by atoms with Crippen LogP contribution >= 0.6 is 11.6 Å². The Balaban J connectivity index is 2.65. The highest BCUT2D eigenvalue weighted by Gasteiger charge is 2.40. The number of carbonyl (C=O) groups excluding carboxylic acids is 1. The van der Waals surface area contributed by atoms with E-state index in [1.807, 2.05) is 0 Å². The Kier molecular flexibility index (Phi) is 2.66. The van der Waals surface area contributed by atoms with Crippen LogP contribution in [-0.2, 0) is 0 Å². The molecule has 0 aliphatic rings. The van der Waals surface area contributed by atoms with E-state index in [0.29, 0.717) is 16.1 Å². The summed E-state index contributed by atoms with van der Waals surface area (Å²) in [5.41, 5.74) is 0.649. The predicted molar refractivity (Wildman–Crippen MR) is 58.4 cm³/mol. The fourth-order valence-corrected chi connectivity index (χ4v) is 1.76. The molecule has 17 heavy (non-hydrogen) atoms. The molecule has 0 aliphatic carbocycles. The van der Waals surface area contributed by atoms with Crippen LogP contribution in [0.5, 0.6) is 0 Å². The number of ketones is 1. The molecule has 2 aromatic rings. The molecule has 1 aromatic carbocycles. The first-order valence-corrected chi connectivity index (χ1v) is 5.07. The molecule has 90 valence electrons. The molecule has 0 amide bonds. The molecule has 0 aliphatic heterocycles. The lowest BCUT2D eigenvalue weighted by Crippen LogP contribution is -2.22. The summed E-state index contributed by atoms with van der Waals surface area (Å²) in [6, 6.07) is 2.96. The van der Waals surface area contributed by atoms with E-state index in [4.69, 9.17) is 11.6 Å². The molecule has 2 rings (SSSR count). The molecule has 0 spiro atoms. The van der Waals surface area contributed by atoms with E-state index in [1.54, 1.807) is 6.92 Å². The van der Waals surface area contributed by atoms with E-state index < -0.39 is 12.0 Å². The van der Waals surface area contributed by atoms with Crippen molar-refractivity contribution in [1.82, 2.24) is 4.98 Å². The maximum Gasteiger partial charge on any atom is 0.454 e. The number of carbonyl (C=O) groups is 1. The van der Waals surface area contributed by atoms with Crippen LogP contribution in [0.15, 0.2) is 18.3 Å². The summed E-state index contributed by atoms with van der Waals surface area (Å²) in [4.78, 5) is 13.8. The minimum absolute atomic E-state index is 0.231. The maximum absolute atomic E-state index is 12.3. The number of hydrogen-bond acceptors (Lipinski definition) is 1. The summed E-state index contributed by atoms with van der Waals surface area (Å²) < 4.78 is 37.0. The van der Waals surface area contributed by atoms with Gasteiger partial charge in [0.25, 0.3) is 5.78 Å². The summed E-state index contributed by atoms with van der Waals surface area (Å²) in [5, 5.41) is 0.666. The van der Waals surface area contributed by atoms with E-state index in [9.17, 15) is 18.0 Å². The third-order valence-corrected chi connectivity index (χ3v) is 2.87. The van der Waals surface area contributed by atoms with Crippen molar-refractivity contribution in [2.75, 3.05) is 0 Å². The first-order chi connectivity index (χ1) is 7.80. The zero-order chi connectivity index (χ0) is 12.8. The Labute approximate surface area is 99.4 Å². The van der Waals surface area contributed by atoms with E-state index in [-0.39, 0.29) is 10.9 Å². The van der Waals surface area contributed by atoms with Gasteiger partial charge in [0.15, 0.2) is 0 Å². The number of rotatable bonds is 1. The number of fused-ring (bicyclic) bond motifs is 1. The van der Waals surface area contributed by atoms with Gasteiger partial charge in [0.1, 0.15) is 0 Å². The van der Waals surface area contributed by atoms with Gasteiger partial charge in [-0.3, -0.25) is 4.79 Å². The largest absolute Gasteiger partial charge is 0.454 e. The monoisotopic (exact) mass is 261 g/mol. The zero-order valence-electron chi connectivity index (χ0n) is 8.65. The highest BCUT2D eigenvalue weighted by molar-refractivity contribution is 6.32. The van der Waals surface area contributed by atoms with E-state index in [0.717, 1.165) is 6.20 Å². The lowest BCUT2D eigenvalue weighted by molar-refractivity contribution is -0.0884. The van der Waals surface area contributed by atoms with Gasteiger partial charge in [-0.15, -0.1) is 0 Å². The fraction of sp³-hybridized carbons (Fsp3) is 0.182. The summed E-state index contributed by atoms with van der Waals surface area (Å²) in [5.74, 6) is -1.86. The van der Waals surface area contributed by atoms with Crippen LogP contribution in [0.4, 0.5) is 13.2 Å². The Bertz CT molecular complexity index is 601. The Morgan fingerprint density at radius 3 is 2.59 bits per heavy atom.